The Morgan fingerprint density at radius 3 is 2.38 bits per heavy atom. The van der Waals surface area contributed by atoms with Crippen LogP contribution in [0.3, 0.4) is 0 Å². The standard InChI is InChI=1S/C8H18O6P2/c1-4-8(5-12-15(2,9)10)6-13-16(3,11)14-7-8/h4-7H2,1-3H3,(H,9,10). The normalized spacial score (nSPS) is 39.2. The van der Waals surface area contributed by atoms with Crippen molar-refractivity contribution < 1.29 is 27.6 Å². The predicted molar refractivity (Wildman–Crippen MR) is 59.9 cm³/mol. The molecule has 1 heterocycles. The van der Waals surface area contributed by atoms with Crippen molar-refractivity contribution in [3.05, 3.63) is 0 Å². The van der Waals surface area contributed by atoms with Gasteiger partial charge in [-0.1, -0.05) is 6.92 Å². The van der Waals surface area contributed by atoms with E-state index in [1.807, 2.05) is 6.92 Å². The molecule has 16 heavy (non-hydrogen) atoms. The van der Waals surface area contributed by atoms with Gasteiger partial charge in [0.2, 0.25) is 0 Å². The first-order valence-corrected chi connectivity index (χ1v) is 9.01. The third-order valence-electron chi connectivity index (χ3n) is 2.57. The smallest absolute Gasteiger partial charge is 0.324 e. The molecule has 0 bridgehead atoms. The highest BCUT2D eigenvalue weighted by Gasteiger charge is 2.40. The topological polar surface area (TPSA) is 82.1 Å². The van der Waals surface area contributed by atoms with Gasteiger partial charge in [-0.3, -0.25) is 9.13 Å². The summed E-state index contributed by atoms with van der Waals surface area (Å²) in [5.41, 5.74) is -0.488. The van der Waals surface area contributed by atoms with Crippen molar-refractivity contribution in [1.29, 1.82) is 0 Å². The molecule has 0 amide bonds. The molecule has 0 saturated carbocycles. The minimum atomic E-state index is -3.50. The summed E-state index contributed by atoms with van der Waals surface area (Å²) in [7, 11) is -6.43. The van der Waals surface area contributed by atoms with Gasteiger partial charge in [-0.15, -0.1) is 0 Å². The van der Waals surface area contributed by atoms with Gasteiger partial charge in [0, 0.05) is 18.7 Å². The molecular weight excluding hydrogens is 254 g/mol. The lowest BCUT2D eigenvalue weighted by molar-refractivity contribution is -0.0161. The van der Waals surface area contributed by atoms with Gasteiger partial charge in [0.25, 0.3) is 0 Å². The maximum Gasteiger partial charge on any atom is 0.327 e. The van der Waals surface area contributed by atoms with E-state index in [-0.39, 0.29) is 19.8 Å². The van der Waals surface area contributed by atoms with Crippen LogP contribution in [0, 0.1) is 5.41 Å². The van der Waals surface area contributed by atoms with Crippen molar-refractivity contribution in [2.24, 2.45) is 5.41 Å². The predicted octanol–water partition coefficient (Wildman–Crippen LogP) is 2.08. The van der Waals surface area contributed by atoms with Crippen molar-refractivity contribution in [3.8, 4) is 0 Å². The molecule has 0 aliphatic carbocycles. The Morgan fingerprint density at radius 2 is 2.00 bits per heavy atom. The van der Waals surface area contributed by atoms with Crippen LogP contribution in [-0.4, -0.2) is 38.0 Å². The van der Waals surface area contributed by atoms with E-state index in [9.17, 15) is 9.13 Å². The fourth-order valence-corrected chi connectivity index (χ4v) is 2.84. The first kappa shape index (κ1) is 14.4. The highest BCUT2D eigenvalue weighted by Crippen LogP contribution is 2.52. The largest absolute Gasteiger partial charge is 0.327 e. The Morgan fingerprint density at radius 1 is 1.50 bits per heavy atom. The summed E-state index contributed by atoms with van der Waals surface area (Å²) in [5.74, 6) is 0. The van der Waals surface area contributed by atoms with Gasteiger partial charge in [-0.05, 0) is 6.42 Å². The van der Waals surface area contributed by atoms with E-state index < -0.39 is 20.6 Å². The Balaban J connectivity index is 2.60. The van der Waals surface area contributed by atoms with Gasteiger partial charge in [0.15, 0.2) is 0 Å². The fourth-order valence-electron chi connectivity index (χ4n) is 1.23. The molecule has 0 radical (unpaired) electrons. The zero-order valence-electron chi connectivity index (χ0n) is 9.71. The third kappa shape index (κ3) is 4.28. The van der Waals surface area contributed by atoms with Crippen LogP contribution in [0.1, 0.15) is 13.3 Å². The Hall–Kier alpha value is 0.300. The molecule has 1 aliphatic heterocycles. The van der Waals surface area contributed by atoms with Crippen LogP contribution in [0.15, 0.2) is 0 Å². The monoisotopic (exact) mass is 272 g/mol. The average molecular weight is 272 g/mol. The van der Waals surface area contributed by atoms with Crippen LogP contribution in [-0.2, 0) is 22.7 Å². The summed E-state index contributed by atoms with van der Waals surface area (Å²) in [5, 5.41) is 0. The molecular formula is C8H18O6P2. The summed E-state index contributed by atoms with van der Waals surface area (Å²) in [4.78, 5) is 9.06. The summed E-state index contributed by atoms with van der Waals surface area (Å²) in [6, 6.07) is 0. The molecule has 0 spiro atoms. The molecule has 0 aromatic carbocycles. The van der Waals surface area contributed by atoms with Crippen molar-refractivity contribution in [2.75, 3.05) is 33.2 Å². The Labute approximate surface area is 95.3 Å². The van der Waals surface area contributed by atoms with E-state index in [2.05, 4.69) is 0 Å². The van der Waals surface area contributed by atoms with Gasteiger partial charge >= 0.3 is 15.2 Å². The van der Waals surface area contributed by atoms with Gasteiger partial charge < -0.3 is 18.5 Å². The average Bonchev–Trinajstić information content (AvgIpc) is 2.16. The van der Waals surface area contributed by atoms with Crippen LogP contribution in [0.5, 0.6) is 0 Å². The summed E-state index contributed by atoms with van der Waals surface area (Å²) in [6.45, 7) is 4.94. The SMILES string of the molecule is CCC1(COP(C)(=O)O)COP(C)(=O)OC1. The summed E-state index contributed by atoms with van der Waals surface area (Å²) >= 11 is 0. The highest BCUT2D eigenvalue weighted by atomic mass is 31.2. The van der Waals surface area contributed by atoms with Crippen molar-refractivity contribution in [2.45, 2.75) is 13.3 Å². The second-order valence-electron chi connectivity index (χ2n) is 4.25. The quantitative estimate of drug-likeness (QED) is 0.789. The van der Waals surface area contributed by atoms with E-state index in [1.54, 1.807) is 0 Å². The lowest BCUT2D eigenvalue weighted by Crippen LogP contribution is -2.38. The number of hydrogen-bond donors (Lipinski definition) is 1. The van der Waals surface area contributed by atoms with Crippen LogP contribution in [0.2, 0.25) is 0 Å². The second kappa shape index (κ2) is 4.89. The first-order chi connectivity index (χ1) is 7.18. The van der Waals surface area contributed by atoms with Crippen LogP contribution in [0.25, 0.3) is 0 Å². The number of rotatable bonds is 4. The maximum absolute atomic E-state index is 11.4. The van der Waals surface area contributed by atoms with Gasteiger partial charge in [0.05, 0.1) is 19.8 Å². The summed E-state index contributed by atoms with van der Waals surface area (Å²) < 4.78 is 37.6. The molecule has 1 atom stereocenters. The highest BCUT2D eigenvalue weighted by molar-refractivity contribution is 7.53. The van der Waals surface area contributed by atoms with Crippen LogP contribution in [0.4, 0.5) is 0 Å². The van der Waals surface area contributed by atoms with Gasteiger partial charge in [-0.2, -0.15) is 0 Å². The molecule has 6 nitrogen and oxygen atoms in total. The Kier molecular flexibility index (Phi) is 4.39. The second-order valence-corrected chi connectivity index (χ2v) is 8.17. The molecule has 1 aliphatic rings. The molecule has 0 aromatic heterocycles. The molecule has 0 aromatic rings. The van der Waals surface area contributed by atoms with Crippen LogP contribution < -0.4 is 0 Å². The van der Waals surface area contributed by atoms with E-state index in [1.165, 1.54) is 6.66 Å². The molecule has 1 rings (SSSR count). The zero-order chi connectivity index (χ0) is 12.4. The van der Waals surface area contributed by atoms with Crippen molar-refractivity contribution >= 4 is 15.2 Å². The van der Waals surface area contributed by atoms with E-state index in [0.717, 1.165) is 6.66 Å². The van der Waals surface area contributed by atoms with E-state index in [0.29, 0.717) is 6.42 Å². The third-order valence-corrected chi connectivity index (χ3v) is 4.38. The number of hydrogen-bond acceptors (Lipinski definition) is 5. The van der Waals surface area contributed by atoms with Crippen LogP contribution >= 0.6 is 15.2 Å². The lowest BCUT2D eigenvalue weighted by Gasteiger charge is -2.37. The molecule has 1 fully saturated rings. The Bertz CT molecular complexity index is 323. The zero-order valence-corrected chi connectivity index (χ0v) is 11.5. The summed E-state index contributed by atoms with van der Waals surface area (Å²) in [6.07, 6.45) is 0.660. The maximum atomic E-state index is 11.4. The van der Waals surface area contributed by atoms with Gasteiger partial charge in [0.1, 0.15) is 0 Å². The minimum Gasteiger partial charge on any atom is -0.324 e. The fraction of sp³-hybridized carbons (Fsp3) is 1.00. The van der Waals surface area contributed by atoms with Crippen molar-refractivity contribution in [1.82, 2.24) is 0 Å². The lowest BCUT2D eigenvalue weighted by atomic mass is 9.88. The van der Waals surface area contributed by atoms with Crippen molar-refractivity contribution in [3.63, 3.8) is 0 Å². The molecule has 8 heteroatoms. The van der Waals surface area contributed by atoms with E-state index >= 15 is 0 Å². The van der Waals surface area contributed by atoms with E-state index in [4.69, 9.17) is 18.5 Å². The minimum absolute atomic E-state index is 0.0633. The first-order valence-electron chi connectivity index (χ1n) is 4.99. The van der Waals surface area contributed by atoms with Gasteiger partial charge in [-0.25, -0.2) is 0 Å². The molecule has 1 N–H and O–H groups in total. The molecule has 1 saturated heterocycles. The molecule has 1 unspecified atom stereocenters. The molecule has 96 valence electrons.